The zero-order chi connectivity index (χ0) is 25.3. The molecule has 0 saturated carbocycles. The number of benzene rings is 3. The topological polar surface area (TPSA) is 82.7 Å². The van der Waals surface area contributed by atoms with E-state index >= 15 is 0 Å². The van der Waals surface area contributed by atoms with Gasteiger partial charge in [0.05, 0.1) is 12.2 Å². The Balaban J connectivity index is 1.24. The maximum Gasteiger partial charge on any atom is 0.341 e. The highest BCUT2D eigenvalue weighted by molar-refractivity contribution is 6.31. The summed E-state index contributed by atoms with van der Waals surface area (Å²) in [5.41, 5.74) is 7.75. The molecule has 3 aromatic carbocycles. The van der Waals surface area contributed by atoms with Crippen molar-refractivity contribution < 1.29 is 14.3 Å². The van der Waals surface area contributed by atoms with E-state index in [4.69, 9.17) is 16.3 Å². The molecule has 7 nitrogen and oxygen atoms in total. The number of hydrogen-bond acceptors (Lipinski definition) is 4. The van der Waals surface area contributed by atoms with Crippen molar-refractivity contribution in [2.24, 2.45) is 0 Å². The lowest BCUT2D eigenvalue weighted by molar-refractivity contribution is -0.121. The molecule has 1 atom stereocenters. The molecule has 3 N–H and O–H groups in total. The molecule has 0 radical (unpaired) electrons. The summed E-state index contributed by atoms with van der Waals surface area (Å²) in [6.07, 6.45) is 2.87. The number of amides is 3. The van der Waals surface area contributed by atoms with Crippen molar-refractivity contribution in [1.82, 2.24) is 16.2 Å². The number of nitrogens with zero attached hydrogens (tertiary/aromatic N) is 1. The molecule has 0 bridgehead atoms. The van der Waals surface area contributed by atoms with Crippen LogP contribution in [0.2, 0.25) is 5.02 Å². The molecule has 0 aliphatic carbocycles. The van der Waals surface area contributed by atoms with Crippen LogP contribution in [0.5, 0.6) is 11.5 Å². The molecule has 1 unspecified atom stereocenters. The highest BCUT2D eigenvalue weighted by Gasteiger charge is 2.26. The normalized spacial score (nSPS) is 13.0. The van der Waals surface area contributed by atoms with Crippen molar-refractivity contribution in [3.63, 3.8) is 0 Å². The number of rotatable bonds is 8. The minimum absolute atomic E-state index is 0.238. The Morgan fingerprint density at radius 1 is 1.00 bits per heavy atom. The third kappa shape index (κ3) is 6.99. The smallest absolute Gasteiger partial charge is 0.341 e. The van der Waals surface area contributed by atoms with E-state index in [1.165, 1.54) is 10.5 Å². The molecule has 4 rings (SSSR count). The van der Waals surface area contributed by atoms with Gasteiger partial charge in [0.15, 0.2) is 5.75 Å². The fourth-order valence-corrected chi connectivity index (χ4v) is 4.27. The van der Waals surface area contributed by atoms with Gasteiger partial charge >= 0.3 is 6.03 Å². The lowest BCUT2D eigenvalue weighted by Gasteiger charge is -2.22. The predicted molar refractivity (Wildman–Crippen MR) is 142 cm³/mol. The van der Waals surface area contributed by atoms with Crippen LogP contribution in [0.15, 0.2) is 72.8 Å². The van der Waals surface area contributed by atoms with Crippen molar-refractivity contribution in [2.45, 2.75) is 45.2 Å². The summed E-state index contributed by atoms with van der Waals surface area (Å²) in [6.45, 7) is 3.28. The molecule has 0 aromatic heterocycles. The van der Waals surface area contributed by atoms with E-state index in [1.54, 1.807) is 18.2 Å². The van der Waals surface area contributed by atoms with Crippen molar-refractivity contribution in [3.05, 3.63) is 88.9 Å². The SMILES string of the molecule is CC(CCCC(=O)NNC(=O)N1Cc2ccccc2Oc2ccc(Cl)cc21)NCCc1ccccc1. The molecule has 3 aromatic rings. The van der Waals surface area contributed by atoms with Crippen molar-refractivity contribution >= 4 is 29.2 Å². The third-order valence-electron chi connectivity index (χ3n) is 6.08. The first-order valence-corrected chi connectivity index (χ1v) is 12.6. The number of urea groups is 1. The van der Waals surface area contributed by atoms with Gasteiger partial charge in [-0.1, -0.05) is 60.1 Å². The van der Waals surface area contributed by atoms with Gasteiger partial charge in [-0.25, -0.2) is 10.2 Å². The minimum Gasteiger partial charge on any atom is -0.455 e. The zero-order valence-corrected chi connectivity index (χ0v) is 21.1. The van der Waals surface area contributed by atoms with Gasteiger partial charge < -0.3 is 10.1 Å². The number of carbonyl (C=O) groups excluding carboxylic acids is 2. The number of halogens is 1. The van der Waals surface area contributed by atoms with Gasteiger partial charge in [0.2, 0.25) is 5.91 Å². The van der Waals surface area contributed by atoms with Crippen LogP contribution in [0.3, 0.4) is 0 Å². The summed E-state index contributed by atoms with van der Waals surface area (Å²) in [6, 6.07) is 22.8. The van der Waals surface area contributed by atoms with E-state index in [9.17, 15) is 9.59 Å². The van der Waals surface area contributed by atoms with E-state index in [0.29, 0.717) is 41.1 Å². The molecule has 3 amide bonds. The number of carbonyl (C=O) groups is 2. The fraction of sp³-hybridized carbons (Fsp3) is 0.286. The Morgan fingerprint density at radius 3 is 2.61 bits per heavy atom. The molecular weight excluding hydrogens is 476 g/mol. The molecule has 8 heteroatoms. The Hall–Kier alpha value is -3.55. The molecule has 1 heterocycles. The maximum atomic E-state index is 13.0. The lowest BCUT2D eigenvalue weighted by atomic mass is 10.1. The predicted octanol–water partition coefficient (Wildman–Crippen LogP) is 5.58. The second-order valence-electron chi connectivity index (χ2n) is 8.87. The van der Waals surface area contributed by atoms with Crippen LogP contribution in [0.25, 0.3) is 0 Å². The number of fused-ring (bicyclic) bond motifs is 2. The van der Waals surface area contributed by atoms with Crippen LogP contribution < -0.4 is 25.8 Å². The van der Waals surface area contributed by atoms with Crippen LogP contribution in [0, 0.1) is 0 Å². The summed E-state index contributed by atoms with van der Waals surface area (Å²) >= 11 is 6.20. The Morgan fingerprint density at radius 2 is 1.78 bits per heavy atom. The number of ether oxygens (including phenoxy) is 1. The van der Waals surface area contributed by atoms with Gasteiger partial charge in [-0.05, 0) is 62.6 Å². The number of hydrazine groups is 1. The zero-order valence-electron chi connectivity index (χ0n) is 20.3. The van der Waals surface area contributed by atoms with Crippen molar-refractivity contribution in [3.8, 4) is 11.5 Å². The summed E-state index contributed by atoms with van der Waals surface area (Å²) < 4.78 is 6.02. The lowest BCUT2D eigenvalue weighted by Crippen LogP contribution is -2.48. The van der Waals surface area contributed by atoms with E-state index in [-0.39, 0.29) is 12.5 Å². The monoisotopic (exact) mass is 506 g/mol. The van der Waals surface area contributed by atoms with Gasteiger partial charge in [-0.15, -0.1) is 0 Å². The first-order valence-electron chi connectivity index (χ1n) is 12.2. The number of hydrogen-bond donors (Lipinski definition) is 3. The van der Waals surface area contributed by atoms with Crippen LogP contribution >= 0.6 is 11.6 Å². The van der Waals surface area contributed by atoms with E-state index in [1.807, 2.05) is 42.5 Å². The summed E-state index contributed by atoms with van der Waals surface area (Å²) in [5, 5.41) is 3.98. The fourth-order valence-electron chi connectivity index (χ4n) is 4.11. The largest absolute Gasteiger partial charge is 0.455 e. The number of nitrogens with one attached hydrogen (secondary N) is 3. The molecule has 0 fully saturated rings. The van der Waals surface area contributed by atoms with Crippen LogP contribution in [-0.2, 0) is 17.8 Å². The van der Waals surface area contributed by atoms with Gasteiger partial charge in [0, 0.05) is 23.0 Å². The molecule has 0 saturated heterocycles. The van der Waals surface area contributed by atoms with Crippen LogP contribution in [0.1, 0.15) is 37.3 Å². The second-order valence-corrected chi connectivity index (χ2v) is 9.31. The van der Waals surface area contributed by atoms with E-state index in [0.717, 1.165) is 24.9 Å². The maximum absolute atomic E-state index is 13.0. The van der Waals surface area contributed by atoms with E-state index in [2.05, 4.69) is 35.2 Å². The minimum atomic E-state index is -0.469. The summed E-state index contributed by atoms with van der Waals surface area (Å²) in [4.78, 5) is 26.9. The van der Waals surface area contributed by atoms with Gasteiger partial charge in [-0.3, -0.25) is 15.1 Å². The quantitative estimate of drug-likeness (QED) is 0.348. The summed E-state index contributed by atoms with van der Waals surface area (Å²) in [5.74, 6) is 0.948. The number of para-hydroxylation sites is 1. The molecule has 0 spiro atoms. The first-order chi connectivity index (χ1) is 17.5. The molecule has 1 aliphatic heterocycles. The van der Waals surface area contributed by atoms with Crippen molar-refractivity contribution in [2.75, 3.05) is 11.4 Å². The van der Waals surface area contributed by atoms with Gasteiger partial charge in [0.1, 0.15) is 5.75 Å². The molecule has 1 aliphatic rings. The molecule has 36 heavy (non-hydrogen) atoms. The standard InChI is InChI=1S/C28H31ClN4O3/c1-20(30-17-16-21-9-3-2-4-10-21)8-7-13-27(34)31-32-28(35)33-19-22-11-5-6-12-25(22)36-26-15-14-23(29)18-24(26)33/h2-6,9-12,14-15,18,20,30H,7-8,13,16-17,19H2,1H3,(H,31,34)(H,32,35). The molecular formula is C28H31ClN4O3. The highest BCUT2D eigenvalue weighted by Crippen LogP contribution is 2.40. The van der Waals surface area contributed by atoms with E-state index < -0.39 is 6.03 Å². The summed E-state index contributed by atoms with van der Waals surface area (Å²) in [7, 11) is 0. The Labute approximate surface area is 216 Å². The molecule has 188 valence electrons. The average Bonchev–Trinajstić information content (AvgIpc) is 3.04. The Kier molecular flexibility index (Phi) is 8.81. The second kappa shape index (κ2) is 12.4. The third-order valence-corrected chi connectivity index (χ3v) is 6.31. The van der Waals surface area contributed by atoms with Gasteiger partial charge in [-0.2, -0.15) is 0 Å². The van der Waals surface area contributed by atoms with Crippen LogP contribution in [0.4, 0.5) is 10.5 Å². The van der Waals surface area contributed by atoms with Gasteiger partial charge in [0.25, 0.3) is 0 Å². The highest BCUT2D eigenvalue weighted by atomic mass is 35.5. The number of anilines is 1. The first kappa shape index (κ1) is 25.5. The van der Waals surface area contributed by atoms with Crippen molar-refractivity contribution in [1.29, 1.82) is 0 Å². The Bertz CT molecular complexity index is 1190. The van der Waals surface area contributed by atoms with Crippen LogP contribution in [-0.4, -0.2) is 24.5 Å². The average molecular weight is 507 g/mol.